The molecule has 0 atom stereocenters. The fourth-order valence-corrected chi connectivity index (χ4v) is 2.38. The van der Waals surface area contributed by atoms with E-state index in [2.05, 4.69) is 15.4 Å². The monoisotopic (exact) mass is 309 g/mol. The lowest BCUT2D eigenvalue weighted by Gasteiger charge is -2.32. The van der Waals surface area contributed by atoms with Gasteiger partial charge in [0.05, 0.1) is 7.11 Å². The van der Waals surface area contributed by atoms with E-state index in [0.29, 0.717) is 31.2 Å². The number of amides is 3. The smallest absolute Gasteiger partial charge is 0.406 e. The Morgan fingerprint density at radius 3 is 2.50 bits per heavy atom. The minimum Gasteiger partial charge on any atom is -0.453 e. The van der Waals surface area contributed by atoms with E-state index in [1.165, 1.54) is 31.4 Å². The molecule has 0 unspecified atom stereocenters. The molecule has 1 aromatic rings. The van der Waals surface area contributed by atoms with Crippen LogP contribution in [0.15, 0.2) is 24.3 Å². The van der Waals surface area contributed by atoms with Gasteiger partial charge < -0.3 is 20.3 Å². The van der Waals surface area contributed by atoms with Crippen LogP contribution in [-0.4, -0.2) is 43.8 Å². The van der Waals surface area contributed by atoms with Gasteiger partial charge in [-0.15, -0.1) is 0 Å². The summed E-state index contributed by atoms with van der Waals surface area (Å²) < 4.78 is 17.3. The summed E-state index contributed by atoms with van der Waals surface area (Å²) in [6.07, 6.45) is 1.21. The van der Waals surface area contributed by atoms with Crippen LogP contribution in [-0.2, 0) is 4.74 Å². The van der Waals surface area contributed by atoms with Crippen LogP contribution in [0.3, 0.4) is 0 Å². The summed E-state index contributed by atoms with van der Waals surface area (Å²) in [4.78, 5) is 24.8. The number of likely N-dealkylation sites (tertiary alicyclic amines) is 1. The lowest BCUT2D eigenvalue weighted by Crippen LogP contribution is -2.43. The standard InChI is InChI=1S/C15H20FN3O3/c1-22-15(21)17-10-11-6-8-19(9-7-11)14(20)18-13-4-2-12(16)3-5-13/h2-5,11H,6-10H2,1H3,(H,17,21)(H,18,20). The molecule has 0 saturated carbocycles. The molecule has 120 valence electrons. The number of hydrogen-bond donors (Lipinski definition) is 2. The highest BCUT2D eigenvalue weighted by molar-refractivity contribution is 5.89. The quantitative estimate of drug-likeness (QED) is 0.901. The van der Waals surface area contributed by atoms with Crippen molar-refractivity contribution in [3.8, 4) is 0 Å². The number of rotatable bonds is 3. The lowest BCUT2D eigenvalue weighted by atomic mass is 9.97. The van der Waals surface area contributed by atoms with Crippen molar-refractivity contribution in [3.63, 3.8) is 0 Å². The number of carbonyl (C=O) groups excluding carboxylic acids is 2. The number of carbonyl (C=O) groups is 2. The van der Waals surface area contributed by atoms with Gasteiger partial charge >= 0.3 is 12.1 Å². The van der Waals surface area contributed by atoms with Crippen molar-refractivity contribution in [3.05, 3.63) is 30.1 Å². The zero-order chi connectivity index (χ0) is 15.9. The van der Waals surface area contributed by atoms with E-state index in [0.717, 1.165) is 12.8 Å². The Kier molecular flexibility index (Phi) is 5.57. The average molecular weight is 309 g/mol. The van der Waals surface area contributed by atoms with Crippen LogP contribution in [0.4, 0.5) is 19.7 Å². The molecule has 0 spiro atoms. The Morgan fingerprint density at radius 2 is 1.91 bits per heavy atom. The molecule has 2 N–H and O–H groups in total. The highest BCUT2D eigenvalue weighted by Gasteiger charge is 2.23. The number of nitrogens with zero attached hydrogens (tertiary/aromatic N) is 1. The Labute approximate surface area is 128 Å². The minimum atomic E-state index is -0.434. The maximum absolute atomic E-state index is 12.8. The molecule has 0 aliphatic carbocycles. The molecule has 22 heavy (non-hydrogen) atoms. The van der Waals surface area contributed by atoms with Gasteiger partial charge in [0.1, 0.15) is 5.82 Å². The number of benzene rings is 1. The molecule has 6 nitrogen and oxygen atoms in total. The summed E-state index contributed by atoms with van der Waals surface area (Å²) in [7, 11) is 1.33. The van der Waals surface area contributed by atoms with Crippen molar-refractivity contribution in [2.45, 2.75) is 12.8 Å². The SMILES string of the molecule is COC(=O)NCC1CCN(C(=O)Nc2ccc(F)cc2)CC1. The third-order valence-corrected chi connectivity index (χ3v) is 3.72. The number of alkyl carbamates (subject to hydrolysis) is 1. The van der Waals surface area contributed by atoms with Crippen LogP contribution in [0.2, 0.25) is 0 Å². The number of piperidine rings is 1. The van der Waals surface area contributed by atoms with Crippen LogP contribution >= 0.6 is 0 Å². The van der Waals surface area contributed by atoms with Crippen molar-refractivity contribution in [2.24, 2.45) is 5.92 Å². The molecule has 1 aliphatic rings. The van der Waals surface area contributed by atoms with Crippen molar-refractivity contribution in [1.29, 1.82) is 0 Å². The summed E-state index contributed by atoms with van der Waals surface area (Å²) in [6.45, 7) is 1.81. The number of hydrogen-bond acceptors (Lipinski definition) is 3. The molecule has 0 bridgehead atoms. The van der Waals surface area contributed by atoms with E-state index >= 15 is 0 Å². The zero-order valence-corrected chi connectivity index (χ0v) is 12.5. The van der Waals surface area contributed by atoms with Crippen LogP contribution in [0.25, 0.3) is 0 Å². The number of halogens is 1. The number of nitrogens with one attached hydrogen (secondary N) is 2. The second kappa shape index (κ2) is 7.63. The molecular formula is C15H20FN3O3. The maximum atomic E-state index is 12.8. The van der Waals surface area contributed by atoms with Gasteiger partial charge in [-0.3, -0.25) is 0 Å². The van der Waals surface area contributed by atoms with E-state index < -0.39 is 6.09 Å². The first-order valence-corrected chi connectivity index (χ1v) is 7.22. The molecule has 1 aromatic carbocycles. The van der Waals surface area contributed by atoms with E-state index in [-0.39, 0.29) is 11.8 Å². The molecule has 0 aromatic heterocycles. The Bertz CT molecular complexity index is 513. The summed E-state index contributed by atoms with van der Waals surface area (Å²) in [5.41, 5.74) is 0.570. The van der Waals surface area contributed by atoms with Crippen molar-refractivity contribution in [1.82, 2.24) is 10.2 Å². The lowest BCUT2D eigenvalue weighted by molar-refractivity contribution is 0.160. The second-order valence-corrected chi connectivity index (χ2v) is 5.24. The molecule has 1 aliphatic heterocycles. The normalized spacial score (nSPS) is 15.3. The summed E-state index contributed by atoms with van der Waals surface area (Å²) >= 11 is 0. The molecule has 7 heteroatoms. The number of urea groups is 1. The third kappa shape index (κ3) is 4.61. The number of ether oxygens (including phenoxy) is 1. The first-order chi connectivity index (χ1) is 10.6. The second-order valence-electron chi connectivity index (χ2n) is 5.24. The van der Waals surface area contributed by atoms with Crippen LogP contribution in [0.5, 0.6) is 0 Å². The highest BCUT2D eigenvalue weighted by Crippen LogP contribution is 2.18. The summed E-state index contributed by atoms with van der Waals surface area (Å²) in [5.74, 6) is 0.00545. The van der Waals surface area contributed by atoms with Crippen molar-refractivity contribution >= 4 is 17.8 Å². The van der Waals surface area contributed by atoms with Crippen LogP contribution in [0, 0.1) is 11.7 Å². The van der Waals surface area contributed by atoms with Gasteiger partial charge in [-0.2, -0.15) is 0 Å². The van der Waals surface area contributed by atoms with Gasteiger partial charge in [0.15, 0.2) is 0 Å². The van der Waals surface area contributed by atoms with Crippen molar-refractivity contribution in [2.75, 3.05) is 32.1 Å². The molecule has 0 radical (unpaired) electrons. The predicted octanol–water partition coefficient (Wildman–Crippen LogP) is 2.43. The van der Waals surface area contributed by atoms with Gasteiger partial charge in [-0.05, 0) is 43.0 Å². The Morgan fingerprint density at radius 1 is 1.27 bits per heavy atom. The number of anilines is 1. The van der Waals surface area contributed by atoms with Gasteiger partial charge in [0.25, 0.3) is 0 Å². The minimum absolute atomic E-state index is 0.189. The topological polar surface area (TPSA) is 70.7 Å². The van der Waals surface area contributed by atoms with E-state index in [9.17, 15) is 14.0 Å². The van der Waals surface area contributed by atoms with Gasteiger partial charge in [-0.1, -0.05) is 0 Å². The first-order valence-electron chi connectivity index (χ1n) is 7.22. The Hall–Kier alpha value is -2.31. The molecule has 1 saturated heterocycles. The van der Waals surface area contributed by atoms with Gasteiger partial charge in [0.2, 0.25) is 0 Å². The third-order valence-electron chi connectivity index (χ3n) is 3.72. The van der Waals surface area contributed by atoms with E-state index in [4.69, 9.17) is 0 Å². The average Bonchev–Trinajstić information content (AvgIpc) is 2.55. The highest BCUT2D eigenvalue weighted by atomic mass is 19.1. The summed E-state index contributed by atoms with van der Waals surface area (Å²) in [5, 5.41) is 5.42. The first kappa shape index (κ1) is 16.1. The predicted molar refractivity (Wildman–Crippen MR) is 80.1 cm³/mol. The molecule has 3 amide bonds. The van der Waals surface area contributed by atoms with Gasteiger partial charge in [0, 0.05) is 25.3 Å². The largest absolute Gasteiger partial charge is 0.453 e. The van der Waals surface area contributed by atoms with E-state index in [1.807, 2.05) is 0 Å². The number of methoxy groups -OCH3 is 1. The molecular weight excluding hydrogens is 289 g/mol. The van der Waals surface area contributed by atoms with Crippen LogP contribution in [0.1, 0.15) is 12.8 Å². The molecule has 2 rings (SSSR count). The molecule has 1 fully saturated rings. The fraction of sp³-hybridized carbons (Fsp3) is 0.467. The van der Waals surface area contributed by atoms with Crippen molar-refractivity contribution < 1.29 is 18.7 Å². The fourth-order valence-electron chi connectivity index (χ4n) is 2.38. The Balaban J connectivity index is 1.75. The molecule has 1 heterocycles. The summed E-state index contributed by atoms with van der Waals surface area (Å²) in [6, 6.07) is 5.48. The zero-order valence-electron chi connectivity index (χ0n) is 12.5. The maximum Gasteiger partial charge on any atom is 0.406 e. The van der Waals surface area contributed by atoms with E-state index in [1.54, 1.807) is 4.90 Å². The van der Waals surface area contributed by atoms with Crippen LogP contribution < -0.4 is 10.6 Å². The van der Waals surface area contributed by atoms with Gasteiger partial charge in [-0.25, -0.2) is 14.0 Å².